The van der Waals surface area contributed by atoms with E-state index in [2.05, 4.69) is 20.3 Å². The van der Waals surface area contributed by atoms with Gasteiger partial charge in [-0.3, -0.25) is 4.98 Å². The van der Waals surface area contributed by atoms with Crippen LogP contribution >= 0.6 is 0 Å². The van der Waals surface area contributed by atoms with Gasteiger partial charge in [0.25, 0.3) is 6.43 Å². The molecular weight excluding hydrogens is 477 g/mol. The van der Waals surface area contributed by atoms with Crippen LogP contribution in [-0.4, -0.2) is 26.0 Å². The Morgan fingerprint density at radius 2 is 1.83 bits per heavy atom. The van der Waals surface area contributed by atoms with Gasteiger partial charge in [0.2, 0.25) is 0 Å². The number of alkyl halides is 2. The molecule has 0 amide bonds. The summed E-state index contributed by atoms with van der Waals surface area (Å²) in [6.45, 7) is 3.61. The van der Waals surface area contributed by atoms with Crippen molar-refractivity contribution in [3.05, 3.63) is 65.6 Å². The SMILES string of the molecule is Cc1cc(Nc2cc(C(F)F)ccn2)nc(-c2ccc(C(C)(O)C3CCC(C(=O)[O-])CC3)nc2)c1.[Na+]. The van der Waals surface area contributed by atoms with Crippen LogP contribution in [0.15, 0.2) is 48.8 Å². The quantitative estimate of drug-likeness (QED) is 0.467. The molecule has 36 heavy (non-hydrogen) atoms. The molecule has 1 unspecified atom stereocenters. The van der Waals surface area contributed by atoms with Gasteiger partial charge in [0.05, 0.1) is 11.4 Å². The molecule has 3 aromatic rings. The van der Waals surface area contributed by atoms with Crippen LogP contribution in [0.3, 0.4) is 0 Å². The molecule has 0 aromatic carbocycles. The van der Waals surface area contributed by atoms with Gasteiger partial charge in [-0.2, -0.15) is 0 Å². The van der Waals surface area contributed by atoms with Gasteiger partial charge in [0.15, 0.2) is 0 Å². The Hall–Kier alpha value is -2.46. The maximum Gasteiger partial charge on any atom is 1.00 e. The number of aliphatic carboxylic acids is 1. The summed E-state index contributed by atoms with van der Waals surface area (Å²) in [4.78, 5) is 24.3. The summed E-state index contributed by atoms with van der Waals surface area (Å²) in [6, 6.07) is 9.80. The van der Waals surface area contributed by atoms with E-state index in [4.69, 9.17) is 0 Å². The van der Waals surface area contributed by atoms with Crippen molar-refractivity contribution in [2.75, 3.05) is 5.32 Å². The number of hydrogen-bond acceptors (Lipinski definition) is 7. The first-order chi connectivity index (χ1) is 16.6. The van der Waals surface area contributed by atoms with E-state index in [1.54, 1.807) is 25.3 Å². The minimum Gasteiger partial charge on any atom is -0.550 e. The van der Waals surface area contributed by atoms with Gasteiger partial charge in [-0.05, 0) is 93.3 Å². The zero-order chi connectivity index (χ0) is 25.2. The second-order valence-electron chi connectivity index (χ2n) is 9.26. The Balaban J connectivity index is 0.00000361. The Morgan fingerprint density at radius 3 is 2.44 bits per heavy atom. The van der Waals surface area contributed by atoms with E-state index in [9.17, 15) is 23.8 Å². The summed E-state index contributed by atoms with van der Waals surface area (Å²) in [7, 11) is 0. The van der Waals surface area contributed by atoms with Crippen molar-refractivity contribution in [2.45, 2.75) is 51.6 Å². The summed E-state index contributed by atoms with van der Waals surface area (Å²) in [5.41, 5.74) is 1.46. The number of aryl methyl sites for hydroxylation is 1. The minimum absolute atomic E-state index is 0. The first-order valence-corrected chi connectivity index (χ1v) is 11.5. The van der Waals surface area contributed by atoms with Crippen molar-refractivity contribution in [3.8, 4) is 11.3 Å². The largest absolute Gasteiger partial charge is 1.00 e. The fourth-order valence-corrected chi connectivity index (χ4v) is 4.61. The zero-order valence-electron chi connectivity index (χ0n) is 20.5. The van der Waals surface area contributed by atoms with Gasteiger partial charge >= 0.3 is 29.6 Å². The second-order valence-corrected chi connectivity index (χ2v) is 9.26. The Kier molecular flexibility index (Phi) is 9.16. The first-order valence-electron chi connectivity index (χ1n) is 11.5. The number of carboxylic acids is 1. The normalized spacial score (nSPS) is 19.3. The van der Waals surface area contributed by atoms with E-state index >= 15 is 0 Å². The molecule has 3 aromatic heterocycles. The van der Waals surface area contributed by atoms with Crippen molar-refractivity contribution in [1.29, 1.82) is 0 Å². The molecule has 0 spiro atoms. The fourth-order valence-electron chi connectivity index (χ4n) is 4.61. The van der Waals surface area contributed by atoms with Crippen LogP contribution in [0.5, 0.6) is 0 Å². The molecular formula is C26H27F2N4NaO3. The van der Waals surface area contributed by atoms with Crippen LogP contribution in [0.1, 0.15) is 55.9 Å². The average molecular weight is 505 g/mol. The number of aliphatic hydroxyl groups is 1. The Bertz CT molecular complexity index is 1200. The number of anilines is 2. The van der Waals surface area contributed by atoms with Gasteiger partial charge in [0.1, 0.15) is 17.2 Å². The van der Waals surface area contributed by atoms with E-state index in [-0.39, 0.29) is 46.9 Å². The molecule has 0 saturated heterocycles. The summed E-state index contributed by atoms with van der Waals surface area (Å²) >= 11 is 0. The molecule has 0 bridgehead atoms. The number of carbonyl (C=O) groups is 1. The monoisotopic (exact) mass is 504 g/mol. The van der Waals surface area contributed by atoms with Gasteiger partial charge < -0.3 is 20.3 Å². The number of hydrogen-bond donors (Lipinski definition) is 2. The molecule has 0 aliphatic heterocycles. The molecule has 3 heterocycles. The van der Waals surface area contributed by atoms with Crippen LogP contribution < -0.4 is 40.0 Å². The van der Waals surface area contributed by atoms with Crippen molar-refractivity contribution in [3.63, 3.8) is 0 Å². The van der Waals surface area contributed by atoms with Gasteiger partial charge in [-0.1, -0.05) is 0 Å². The Labute approximate surface area is 230 Å². The molecule has 0 radical (unpaired) electrons. The van der Waals surface area contributed by atoms with E-state index in [1.165, 1.54) is 18.3 Å². The summed E-state index contributed by atoms with van der Waals surface area (Å²) in [5, 5.41) is 25.3. The second kappa shape index (κ2) is 11.7. The molecule has 7 nitrogen and oxygen atoms in total. The number of aromatic nitrogens is 3. The van der Waals surface area contributed by atoms with Crippen LogP contribution in [0, 0.1) is 18.8 Å². The summed E-state index contributed by atoms with van der Waals surface area (Å²) < 4.78 is 26.0. The zero-order valence-corrected chi connectivity index (χ0v) is 22.5. The molecule has 1 aliphatic carbocycles. The number of nitrogens with zero attached hydrogens (tertiary/aromatic N) is 3. The number of rotatable bonds is 7. The van der Waals surface area contributed by atoms with Crippen LogP contribution in [0.2, 0.25) is 0 Å². The smallest absolute Gasteiger partial charge is 0.550 e. The maximum absolute atomic E-state index is 13.0. The van der Waals surface area contributed by atoms with Gasteiger partial charge in [-0.15, -0.1) is 0 Å². The predicted molar refractivity (Wildman–Crippen MR) is 125 cm³/mol. The number of nitrogens with one attached hydrogen (secondary N) is 1. The van der Waals surface area contributed by atoms with E-state index in [0.29, 0.717) is 42.9 Å². The third-order valence-electron chi connectivity index (χ3n) is 6.70. The van der Waals surface area contributed by atoms with Crippen LogP contribution in [0.25, 0.3) is 11.3 Å². The molecule has 1 saturated carbocycles. The average Bonchev–Trinajstić information content (AvgIpc) is 2.84. The molecule has 2 N–H and O–H groups in total. The van der Waals surface area contributed by atoms with Gasteiger partial charge in [-0.25, -0.2) is 18.7 Å². The first kappa shape index (κ1) is 28.1. The van der Waals surface area contributed by atoms with E-state index < -0.39 is 23.9 Å². The van der Waals surface area contributed by atoms with Crippen LogP contribution in [0.4, 0.5) is 20.4 Å². The van der Waals surface area contributed by atoms with Gasteiger partial charge in [0, 0.05) is 29.5 Å². The van der Waals surface area contributed by atoms with Crippen molar-refractivity contribution in [1.82, 2.24) is 15.0 Å². The third kappa shape index (κ3) is 6.45. The third-order valence-corrected chi connectivity index (χ3v) is 6.70. The number of carbonyl (C=O) groups excluding carboxylic acids is 1. The number of halogens is 2. The van der Waals surface area contributed by atoms with E-state index in [0.717, 1.165) is 11.1 Å². The molecule has 1 aliphatic rings. The predicted octanol–water partition coefficient (Wildman–Crippen LogP) is 1.30. The summed E-state index contributed by atoms with van der Waals surface area (Å²) in [5.74, 6) is -0.853. The minimum atomic E-state index is -2.59. The van der Waals surface area contributed by atoms with Crippen molar-refractivity contribution >= 4 is 17.6 Å². The maximum atomic E-state index is 13.0. The fraction of sp³-hybridized carbons (Fsp3) is 0.385. The standard InChI is InChI=1S/C26H28F2N4O3.Na/c1-15-11-20(31-23(12-15)32-22-13-17(24(27)28)9-10-29-22)18-5-8-21(30-14-18)26(2,35)19-6-3-16(4-7-19)25(33)34;/h5,8-14,16,19,24,35H,3-4,6-7H2,1-2H3,(H,33,34)(H,29,31,32);/q;+1/p-1. The van der Waals surface area contributed by atoms with E-state index in [1.807, 2.05) is 19.1 Å². The number of pyridine rings is 3. The molecule has 10 heteroatoms. The van der Waals surface area contributed by atoms with Crippen LogP contribution in [-0.2, 0) is 10.4 Å². The van der Waals surface area contributed by atoms with Crippen molar-refractivity contribution < 1.29 is 53.3 Å². The topological polar surface area (TPSA) is 111 Å². The molecule has 4 rings (SSSR count). The summed E-state index contributed by atoms with van der Waals surface area (Å²) in [6.07, 6.45) is 2.51. The number of carboxylic acid groups (broad SMARTS) is 1. The Morgan fingerprint density at radius 1 is 1.11 bits per heavy atom. The molecule has 1 fully saturated rings. The molecule has 1 atom stereocenters. The van der Waals surface area contributed by atoms with Crippen molar-refractivity contribution in [2.24, 2.45) is 11.8 Å². The molecule has 184 valence electrons.